The highest BCUT2D eigenvalue weighted by molar-refractivity contribution is 5.17. The van der Waals surface area contributed by atoms with E-state index < -0.39 is 0 Å². The molecule has 17 heavy (non-hydrogen) atoms. The summed E-state index contributed by atoms with van der Waals surface area (Å²) in [4.78, 5) is 0. The Morgan fingerprint density at radius 3 is 2.47 bits per heavy atom. The van der Waals surface area contributed by atoms with Gasteiger partial charge in [0.2, 0.25) is 0 Å². The van der Waals surface area contributed by atoms with Crippen LogP contribution in [0.25, 0.3) is 0 Å². The van der Waals surface area contributed by atoms with Gasteiger partial charge in [-0.25, -0.2) is 0 Å². The van der Waals surface area contributed by atoms with E-state index in [1.54, 1.807) is 5.57 Å². The van der Waals surface area contributed by atoms with Gasteiger partial charge in [-0.1, -0.05) is 48.4 Å². The summed E-state index contributed by atoms with van der Waals surface area (Å²) < 4.78 is 0. The monoisotopic (exact) mass is 230 g/mol. The van der Waals surface area contributed by atoms with Crippen molar-refractivity contribution in [2.45, 2.75) is 51.0 Å². The minimum atomic E-state index is -0.309. The summed E-state index contributed by atoms with van der Waals surface area (Å²) in [5.74, 6) is 0. The minimum Gasteiger partial charge on any atom is -0.388 e. The fourth-order valence-corrected chi connectivity index (χ4v) is 2.50. The van der Waals surface area contributed by atoms with Crippen LogP contribution in [0.1, 0.15) is 56.6 Å². The van der Waals surface area contributed by atoms with E-state index in [-0.39, 0.29) is 6.10 Å². The first-order valence-electron chi connectivity index (χ1n) is 6.77. The van der Waals surface area contributed by atoms with Gasteiger partial charge < -0.3 is 5.11 Å². The summed E-state index contributed by atoms with van der Waals surface area (Å²) in [6.45, 7) is 0. The van der Waals surface area contributed by atoms with Crippen molar-refractivity contribution in [3.8, 4) is 0 Å². The molecule has 2 rings (SSSR count). The second kappa shape index (κ2) is 6.61. The Kier molecular flexibility index (Phi) is 4.81. The largest absolute Gasteiger partial charge is 0.388 e. The zero-order valence-corrected chi connectivity index (χ0v) is 10.4. The molecule has 1 saturated carbocycles. The molecule has 0 aliphatic heterocycles. The first-order chi connectivity index (χ1) is 8.36. The summed E-state index contributed by atoms with van der Waals surface area (Å²) in [5, 5.41) is 10.0. The number of hydrogen-bond donors (Lipinski definition) is 1. The average molecular weight is 230 g/mol. The van der Waals surface area contributed by atoms with E-state index in [0.717, 1.165) is 18.4 Å². The lowest BCUT2D eigenvalue weighted by atomic mass is 9.93. The summed E-state index contributed by atoms with van der Waals surface area (Å²) in [7, 11) is 0. The van der Waals surface area contributed by atoms with E-state index in [2.05, 4.69) is 6.08 Å². The van der Waals surface area contributed by atoms with Crippen LogP contribution < -0.4 is 0 Å². The summed E-state index contributed by atoms with van der Waals surface area (Å²) in [5.41, 5.74) is 2.64. The van der Waals surface area contributed by atoms with Gasteiger partial charge in [0.1, 0.15) is 0 Å². The third-order valence-electron chi connectivity index (χ3n) is 3.55. The number of hydrogen-bond acceptors (Lipinski definition) is 1. The molecule has 0 spiro atoms. The van der Waals surface area contributed by atoms with Gasteiger partial charge in [-0.05, 0) is 44.1 Å². The van der Waals surface area contributed by atoms with Crippen LogP contribution in [0, 0.1) is 0 Å². The van der Waals surface area contributed by atoms with E-state index in [9.17, 15) is 5.11 Å². The van der Waals surface area contributed by atoms with Crippen LogP contribution in [-0.4, -0.2) is 5.11 Å². The van der Waals surface area contributed by atoms with Crippen LogP contribution >= 0.6 is 0 Å². The van der Waals surface area contributed by atoms with Gasteiger partial charge in [0.05, 0.1) is 6.10 Å². The molecule has 0 saturated heterocycles. The molecule has 1 aromatic carbocycles. The van der Waals surface area contributed by atoms with Crippen LogP contribution in [0.2, 0.25) is 0 Å². The van der Waals surface area contributed by atoms with E-state index in [1.807, 2.05) is 30.3 Å². The minimum absolute atomic E-state index is 0.309. The van der Waals surface area contributed by atoms with Crippen molar-refractivity contribution >= 4 is 0 Å². The van der Waals surface area contributed by atoms with Crippen LogP contribution in [0.4, 0.5) is 0 Å². The highest BCUT2D eigenvalue weighted by Crippen LogP contribution is 2.24. The first kappa shape index (κ1) is 12.4. The van der Waals surface area contributed by atoms with Crippen LogP contribution in [-0.2, 0) is 0 Å². The molecule has 1 unspecified atom stereocenters. The average Bonchev–Trinajstić information content (AvgIpc) is 2.41. The van der Waals surface area contributed by atoms with Crippen LogP contribution in [0.3, 0.4) is 0 Å². The Morgan fingerprint density at radius 2 is 1.76 bits per heavy atom. The predicted molar refractivity (Wildman–Crippen MR) is 71.8 cm³/mol. The van der Waals surface area contributed by atoms with Crippen molar-refractivity contribution < 1.29 is 5.11 Å². The third-order valence-corrected chi connectivity index (χ3v) is 3.55. The fraction of sp³-hybridized carbons (Fsp3) is 0.500. The van der Waals surface area contributed by atoms with Crippen molar-refractivity contribution in [3.05, 3.63) is 47.5 Å². The zero-order valence-electron chi connectivity index (χ0n) is 10.4. The standard InChI is InChI=1S/C16H22O/c17-16(15-11-5-2-6-12-15)13-7-10-14-8-3-1-4-9-14/h2,5-6,10-12,16-17H,1,3-4,7-9,13H2. The van der Waals surface area contributed by atoms with E-state index in [1.165, 1.54) is 32.1 Å². The highest BCUT2D eigenvalue weighted by Gasteiger charge is 2.07. The molecule has 1 aliphatic rings. The van der Waals surface area contributed by atoms with Gasteiger partial charge in [0.15, 0.2) is 0 Å². The molecule has 0 amide bonds. The normalized spacial score (nSPS) is 17.8. The van der Waals surface area contributed by atoms with Gasteiger partial charge in [-0.2, -0.15) is 0 Å². The van der Waals surface area contributed by atoms with Crippen molar-refractivity contribution in [2.24, 2.45) is 0 Å². The molecule has 1 aliphatic carbocycles. The Labute approximate surface area is 104 Å². The van der Waals surface area contributed by atoms with Gasteiger partial charge in [-0.15, -0.1) is 0 Å². The van der Waals surface area contributed by atoms with Crippen molar-refractivity contribution in [2.75, 3.05) is 0 Å². The van der Waals surface area contributed by atoms with E-state index in [4.69, 9.17) is 0 Å². The molecule has 1 nitrogen and oxygen atoms in total. The lowest BCUT2D eigenvalue weighted by molar-refractivity contribution is 0.168. The molecule has 1 N–H and O–H groups in total. The lowest BCUT2D eigenvalue weighted by Gasteiger charge is -2.14. The molecule has 0 bridgehead atoms. The molecule has 0 radical (unpaired) electrons. The molecule has 1 aromatic rings. The highest BCUT2D eigenvalue weighted by atomic mass is 16.3. The molecular formula is C16H22O. The van der Waals surface area contributed by atoms with E-state index >= 15 is 0 Å². The Bertz CT molecular complexity index is 345. The molecule has 0 heterocycles. The number of aliphatic hydroxyl groups excluding tert-OH is 1. The van der Waals surface area contributed by atoms with E-state index in [0.29, 0.717) is 0 Å². The third kappa shape index (κ3) is 4.01. The maximum Gasteiger partial charge on any atom is 0.0793 e. The Balaban J connectivity index is 1.78. The molecule has 1 fully saturated rings. The molecule has 1 heteroatoms. The summed E-state index contributed by atoms with van der Waals surface area (Å²) in [6.07, 6.45) is 10.5. The second-order valence-corrected chi connectivity index (χ2v) is 4.93. The lowest BCUT2D eigenvalue weighted by Crippen LogP contribution is -1.97. The van der Waals surface area contributed by atoms with Crippen molar-refractivity contribution in [1.29, 1.82) is 0 Å². The molecule has 0 aromatic heterocycles. The molecule has 1 atom stereocenters. The maximum absolute atomic E-state index is 10.0. The predicted octanol–water partition coefficient (Wildman–Crippen LogP) is 4.39. The fourth-order valence-electron chi connectivity index (χ4n) is 2.50. The van der Waals surface area contributed by atoms with Gasteiger partial charge >= 0.3 is 0 Å². The number of allylic oxidation sites excluding steroid dienone is 2. The Morgan fingerprint density at radius 1 is 1.06 bits per heavy atom. The SMILES string of the molecule is OC(CCC=C1CCCCC1)c1ccccc1. The molecular weight excluding hydrogens is 208 g/mol. The Hall–Kier alpha value is -1.08. The topological polar surface area (TPSA) is 20.2 Å². The second-order valence-electron chi connectivity index (χ2n) is 4.93. The van der Waals surface area contributed by atoms with Crippen LogP contribution in [0.5, 0.6) is 0 Å². The van der Waals surface area contributed by atoms with Crippen molar-refractivity contribution in [3.63, 3.8) is 0 Å². The quantitative estimate of drug-likeness (QED) is 0.760. The zero-order chi connectivity index (χ0) is 11.9. The van der Waals surface area contributed by atoms with Gasteiger partial charge in [-0.3, -0.25) is 0 Å². The number of aliphatic hydroxyl groups is 1. The van der Waals surface area contributed by atoms with Gasteiger partial charge in [0, 0.05) is 0 Å². The summed E-state index contributed by atoms with van der Waals surface area (Å²) >= 11 is 0. The smallest absolute Gasteiger partial charge is 0.0793 e. The first-order valence-corrected chi connectivity index (χ1v) is 6.77. The van der Waals surface area contributed by atoms with Gasteiger partial charge in [0.25, 0.3) is 0 Å². The number of benzene rings is 1. The maximum atomic E-state index is 10.0. The number of rotatable bonds is 4. The molecule has 92 valence electrons. The van der Waals surface area contributed by atoms with Crippen LogP contribution in [0.15, 0.2) is 42.0 Å². The summed E-state index contributed by atoms with van der Waals surface area (Å²) in [6, 6.07) is 9.95. The van der Waals surface area contributed by atoms with Crippen molar-refractivity contribution in [1.82, 2.24) is 0 Å².